The molecule has 4 atom stereocenters. The molecule has 1 fully saturated rings. The van der Waals surface area contributed by atoms with Crippen LogP contribution in [-0.2, 0) is 6.42 Å². The van der Waals surface area contributed by atoms with Gasteiger partial charge in [0.25, 0.3) is 0 Å². The summed E-state index contributed by atoms with van der Waals surface area (Å²) in [6.45, 7) is 0. The van der Waals surface area contributed by atoms with Gasteiger partial charge in [0, 0.05) is 11.3 Å². The van der Waals surface area contributed by atoms with E-state index in [0.717, 1.165) is 37.0 Å². The van der Waals surface area contributed by atoms with Crippen LogP contribution >= 0.6 is 11.6 Å². The molecule has 2 N–H and O–H groups in total. The van der Waals surface area contributed by atoms with E-state index in [1.54, 1.807) is 24.3 Å². The van der Waals surface area contributed by atoms with Crippen molar-refractivity contribution >= 4 is 23.6 Å². The Morgan fingerprint density at radius 2 is 1.97 bits per heavy atom. The minimum absolute atomic E-state index is 0.0517. The number of carboxylic acids is 1. The highest BCUT2D eigenvalue weighted by Crippen LogP contribution is 2.40. The molecule has 1 saturated carbocycles. The first-order valence-electron chi connectivity index (χ1n) is 9.63. The Balaban J connectivity index is 1.63. The molecule has 0 radical (unpaired) electrons. The zero-order valence-electron chi connectivity index (χ0n) is 15.8. The van der Waals surface area contributed by atoms with E-state index >= 15 is 0 Å². The highest BCUT2D eigenvalue weighted by atomic mass is 35.5. The van der Waals surface area contributed by atoms with Crippen molar-refractivity contribution in [2.45, 2.75) is 37.2 Å². The predicted molar refractivity (Wildman–Crippen MR) is 109 cm³/mol. The van der Waals surface area contributed by atoms with Crippen molar-refractivity contribution in [3.05, 3.63) is 76.9 Å². The first kappa shape index (κ1) is 21.5. The topological polar surface area (TPSA) is 57.5 Å². The number of carboxylic acid groups (broad SMARTS) is 1. The minimum Gasteiger partial charge on any atom is -0.478 e. The molecule has 29 heavy (non-hydrogen) atoms. The first-order chi connectivity index (χ1) is 13.8. The van der Waals surface area contributed by atoms with Crippen LogP contribution < -0.4 is 0 Å². The molecular formula is C23H23ClF2O3. The predicted octanol–water partition coefficient (Wildman–Crippen LogP) is 5.30. The van der Waals surface area contributed by atoms with Gasteiger partial charge in [0.1, 0.15) is 0 Å². The Morgan fingerprint density at radius 1 is 1.17 bits per heavy atom. The van der Waals surface area contributed by atoms with Crippen molar-refractivity contribution in [2.75, 3.05) is 0 Å². The van der Waals surface area contributed by atoms with E-state index in [1.807, 2.05) is 12.1 Å². The summed E-state index contributed by atoms with van der Waals surface area (Å²) in [5, 5.41) is 19.3. The quantitative estimate of drug-likeness (QED) is 0.597. The lowest BCUT2D eigenvalue weighted by Gasteiger charge is -2.20. The van der Waals surface area contributed by atoms with Gasteiger partial charge in [-0.2, -0.15) is 0 Å². The Labute approximate surface area is 173 Å². The van der Waals surface area contributed by atoms with E-state index < -0.39 is 23.7 Å². The van der Waals surface area contributed by atoms with Gasteiger partial charge in [0.2, 0.25) is 0 Å². The van der Waals surface area contributed by atoms with Crippen molar-refractivity contribution in [3.63, 3.8) is 0 Å². The summed E-state index contributed by atoms with van der Waals surface area (Å²) >= 11 is 6.46. The molecule has 1 aliphatic carbocycles. The molecule has 2 aromatic carbocycles. The fourth-order valence-electron chi connectivity index (χ4n) is 3.97. The summed E-state index contributed by atoms with van der Waals surface area (Å²) in [6, 6.07) is 10.5. The smallest absolute Gasteiger partial charge is 0.335 e. The number of aryl methyl sites for hydroxylation is 1. The lowest BCUT2D eigenvalue weighted by Crippen LogP contribution is -2.18. The van der Waals surface area contributed by atoms with E-state index in [4.69, 9.17) is 16.7 Å². The zero-order chi connectivity index (χ0) is 21.0. The van der Waals surface area contributed by atoms with E-state index in [9.17, 15) is 18.7 Å². The molecule has 2 aromatic rings. The third-order valence-electron chi connectivity index (χ3n) is 5.50. The first-order valence-corrected chi connectivity index (χ1v) is 10.1. The van der Waals surface area contributed by atoms with Gasteiger partial charge in [0.05, 0.1) is 11.7 Å². The Kier molecular flexibility index (Phi) is 7.04. The number of halogens is 3. The number of hydrogen-bond donors (Lipinski definition) is 2. The molecule has 0 aromatic heterocycles. The molecule has 3 nitrogen and oxygen atoms in total. The number of benzene rings is 2. The van der Waals surface area contributed by atoms with Crippen LogP contribution in [0, 0.1) is 23.5 Å². The van der Waals surface area contributed by atoms with Crippen LogP contribution in [0.15, 0.2) is 48.5 Å². The highest BCUT2D eigenvalue weighted by molar-refractivity contribution is 6.21. The molecule has 0 amide bonds. The summed E-state index contributed by atoms with van der Waals surface area (Å²) < 4.78 is 26.5. The van der Waals surface area contributed by atoms with Crippen LogP contribution in [0.5, 0.6) is 0 Å². The van der Waals surface area contributed by atoms with Crippen molar-refractivity contribution in [1.82, 2.24) is 0 Å². The van der Waals surface area contributed by atoms with Gasteiger partial charge in [-0.1, -0.05) is 30.4 Å². The highest BCUT2D eigenvalue weighted by Gasteiger charge is 2.39. The molecule has 0 saturated heterocycles. The molecule has 0 spiro atoms. The third-order valence-corrected chi connectivity index (χ3v) is 6.00. The number of rotatable bonds is 7. The van der Waals surface area contributed by atoms with Gasteiger partial charge in [0.15, 0.2) is 11.6 Å². The molecule has 0 bridgehead atoms. The maximum atomic E-state index is 13.4. The van der Waals surface area contributed by atoms with E-state index in [-0.39, 0.29) is 22.8 Å². The zero-order valence-corrected chi connectivity index (χ0v) is 16.5. The number of aliphatic hydroxyl groups is 1. The average molecular weight is 421 g/mol. The fraction of sp³-hybridized carbons (Fsp3) is 0.348. The van der Waals surface area contributed by atoms with Gasteiger partial charge < -0.3 is 10.2 Å². The Morgan fingerprint density at radius 3 is 2.69 bits per heavy atom. The van der Waals surface area contributed by atoms with Crippen LogP contribution in [0.1, 0.15) is 40.7 Å². The van der Waals surface area contributed by atoms with Gasteiger partial charge in [-0.3, -0.25) is 0 Å². The van der Waals surface area contributed by atoms with E-state index in [1.165, 1.54) is 6.07 Å². The molecule has 154 valence electrons. The van der Waals surface area contributed by atoms with Gasteiger partial charge >= 0.3 is 5.97 Å². The van der Waals surface area contributed by atoms with Crippen molar-refractivity contribution in [1.29, 1.82) is 0 Å². The number of carbonyl (C=O) groups is 1. The fourth-order valence-corrected chi connectivity index (χ4v) is 4.45. The van der Waals surface area contributed by atoms with Crippen LogP contribution in [0.25, 0.3) is 6.08 Å². The molecular weight excluding hydrogens is 398 g/mol. The summed E-state index contributed by atoms with van der Waals surface area (Å²) in [5.41, 5.74) is 1.74. The second kappa shape index (κ2) is 9.51. The minimum atomic E-state index is -0.950. The van der Waals surface area contributed by atoms with Gasteiger partial charge in [-0.25, -0.2) is 13.6 Å². The standard InChI is InChI=1S/C23H23ClF2O3/c24-19-13-22(27)18(9-7-15-8-10-20(25)21(26)12-15)17(19)6-2-4-14-3-1-5-16(11-14)23(28)29/h1,3,5,7-12,17-19,22,27H,2,4,6,13H2,(H,28,29)/t17-,18-,19-,22-/m1/s1. The van der Waals surface area contributed by atoms with Gasteiger partial charge in [-0.15, -0.1) is 11.6 Å². The number of aliphatic hydroxyl groups excluding tert-OH is 1. The molecule has 0 heterocycles. The normalized spacial score (nSPS) is 24.3. The lowest BCUT2D eigenvalue weighted by atomic mass is 9.88. The maximum Gasteiger partial charge on any atom is 0.335 e. The Bertz CT molecular complexity index is 899. The number of alkyl halides is 1. The van der Waals surface area contributed by atoms with Gasteiger partial charge in [-0.05, 0) is 67.0 Å². The summed E-state index contributed by atoms with van der Waals surface area (Å²) in [6.07, 6.45) is 5.71. The molecule has 0 aliphatic heterocycles. The third kappa shape index (κ3) is 5.43. The monoisotopic (exact) mass is 420 g/mol. The average Bonchev–Trinajstić information content (AvgIpc) is 2.95. The largest absolute Gasteiger partial charge is 0.478 e. The second-order valence-electron chi connectivity index (χ2n) is 7.49. The second-order valence-corrected chi connectivity index (χ2v) is 8.05. The number of hydrogen-bond acceptors (Lipinski definition) is 2. The SMILES string of the molecule is O=C(O)c1cccc(CCC[C@@H]2[C@@H](C=Cc3ccc(F)c(F)c3)[C@H](O)C[C@H]2Cl)c1. The number of aromatic carboxylic acids is 1. The van der Waals surface area contributed by atoms with Crippen molar-refractivity contribution in [2.24, 2.45) is 11.8 Å². The molecule has 3 rings (SSSR count). The lowest BCUT2D eigenvalue weighted by molar-refractivity contribution is 0.0696. The van der Waals surface area contributed by atoms with Crippen LogP contribution in [0.2, 0.25) is 0 Å². The molecule has 0 unspecified atom stereocenters. The summed E-state index contributed by atoms with van der Waals surface area (Å²) in [7, 11) is 0. The molecule has 6 heteroatoms. The summed E-state index contributed by atoms with van der Waals surface area (Å²) in [4.78, 5) is 11.1. The van der Waals surface area contributed by atoms with E-state index in [0.29, 0.717) is 12.0 Å². The van der Waals surface area contributed by atoms with Crippen molar-refractivity contribution in [3.8, 4) is 0 Å². The Hall–Kier alpha value is -2.24. The molecule has 1 aliphatic rings. The maximum absolute atomic E-state index is 13.4. The van der Waals surface area contributed by atoms with Crippen LogP contribution in [-0.4, -0.2) is 27.7 Å². The van der Waals surface area contributed by atoms with E-state index in [2.05, 4.69) is 0 Å². The summed E-state index contributed by atoms with van der Waals surface area (Å²) in [5.74, 6) is -2.87. The van der Waals surface area contributed by atoms with Crippen LogP contribution in [0.4, 0.5) is 8.78 Å². The van der Waals surface area contributed by atoms with Crippen LogP contribution in [0.3, 0.4) is 0 Å². The van der Waals surface area contributed by atoms with Crippen molar-refractivity contribution < 1.29 is 23.8 Å².